The predicted molar refractivity (Wildman–Crippen MR) is 247 cm³/mol. The molecule has 3 nitrogen and oxygen atoms in total. The quantitative estimate of drug-likeness (QED) is 0.159. The molecule has 0 amide bonds. The third-order valence-electron chi connectivity index (χ3n) is 12.2. The van der Waals surface area contributed by atoms with E-state index < -0.39 is 0 Å². The Kier molecular flexibility index (Phi) is 8.34. The Morgan fingerprint density at radius 3 is 1.85 bits per heavy atom. The Morgan fingerprint density at radius 2 is 1.12 bits per heavy atom. The molecule has 1 unspecified atom stereocenters. The van der Waals surface area contributed by atoms with Crippen LogP contribution in [0.5, 0.6) is 0 Å². The summed E-state index contributed by atoms with van der Waals surface area (Å²) in [6.07, 6.45) is 11.5. The van der Waals surface area contributed by atoms with Crippen molar-refractivity contribution in [2.75, 3.05) is 0 Å². The molecule has 8 aromatic carbocycles. The van der Waals surface area contributed by atoms with E-state index in [0.29, 0.717) is 5.82 Å². The third kappa shape index (κ3) is 6.11. The summed E-state index contributed by atoms with van der Waals surface area (Å²) < 4.78 is 0. The number of aromatic nitrogens is 3. The first kappa shape index (κ1) is 34.7. The van der Waals surface area contributed by atoms with Crippen molar-refractivity contribution in [3.05, 3.63) is 218 Å². The molecular weight excluding hydrogens is 715 g/mol. The highest BCUT2D eigenvalue weighted by Gasteiger charge is 2.26. The maximum atomic E-state index is 5.33. The van der Waals surface area contributed by atoms with Crippen molar-refractivity contribution in [3.63, 3.8) is 0 Å². The summed E-state index contributed by atoms with van der Waals surface area (Å²) in [5.74, 6) is 0.698. The van der Waals surface area contributed by atoms with Gasteiger partial charge in [-0.25, -0.2) is 9.97 Å². The molecule has 0 saturated heterocycles. The summed E-state index contributed by atoms with van der Waals surface area (Å²) >= 11 is 0. The van der Waals surface area contributed by atoms with Gasteiger partial charge in [-0.05, 0) is 107 Å². The number of hydrogen-bond acceptors (Lipinski definition) is 3. The predicted octanol–water partition coefficient (Wildman–Crippen LogP) is 14.5. The van der Waals surface area contributed by atoms with Crippen molar-refractivity contribution >= 4 is 48.7 Å². The molecule has 1 aliphatic rings. The molecule has 0 radical (unpaired) electrons. The maximum absolute atomic E-state index is 5.33. The van der Waals surface area contributed by atoms with Gasteiger partial charge in [0.2, 0.25) is 0 Å². The van der Waals surface area contributed by atoms with Crippen molar-refractivity contribution < 1.29 is 0 Å². The Morgan fingerprint density at radius 1 is 0.475 bits per heavy atom. The van der Waals surface area contributed by atoms with Crippen LogP contribution in [-0.2, 0) is 5.41 Å². The molecule has 0 spiro atoms. The molecule has 1 aliphatic carbocycles. The second kappa shape index (κ2) is 14.2. The fourth-order valence-corrected chi connectivity index (χ4v) is 9.04. The Labute approximate surface area is 343 Å². The standard InChI is InChI=1S/C56H39N3/c1-56(44-19-12-32-57-36-44)30-28-39(29-31-56)51-35-52(41-27-26-37-13-2-3-15-40(37)33-41)59-55(58-51)43-18-10-17-42(34-43)53-47-21-6-8-23-49(47)54(50-24-9-7-22-48(50)53)46-25-11-16-38-14-4-5-20-45(38)46/h2-30,32-36H,31H2,1H3. The minimum atomic E-state index is -0.141. The summed E-state index contributed by atoms with van der Waals surface area (Å²) in [6, 6.07) is 63.3. The molecule has 0 aliphatic heterocycles. The molecule has 11 rings (SSSR count). The van der Waals surface area contributed by atoms with Crippen molar-refractivity contribution in [1.29, 1.82) is 0 Å². The normalized spacial score (nSPS) is 15.2. The molecule has 0 saturated carbocycles. The lowest BCUT2D eigenvalue weighted by Crippen LogP contribution is -2.20. The Balaban J connectivity index is 1.08. The zero-order valence-electron chi connectivity index (χ0n) is 32.7. The number of pyridine rings is 1. The highest BCUT2D eigenvalue weighted by Crippen LogP contribution is 2.46. The summed E-state index contributed by atoms with van der Waals surface area (Å²) in [4.78, 5) is 15.1. The van der Waals surface area contributed by atoms with Gasteiger partial charge in [0.25, 0.3) is 0 Å². The van der Waals surface area contributed by atoms with E-state index in [-0.39, 0.29) is 5.41 Å². The third-order valence-corrected chi connectivity index (χ3v) is 12.2. The average molecular weight is 754 g/mol. The first-order valence-electron chi connectivity index (χ1n) is 20.3. The first-order chi connectivity index (χ1) is 29.1. The summed E-state index contributed by atoms with van der Waals surface area (Å²) in [5.41, 5.74) is 10.8. The lowest BCUT2D eigenvalue weighted by molar-refractivity contribution is 0.598. The fourth-order valence-electron chi connectivity index (χ4n) is 9.04. The van der Waals surface area contributed by atoms with Crippen LogP contribution >= 0.6 is 0 Å². The van der Waals surface area contributed by atoms with E-state index >= 15 is 0 Å². The van der Waals surface area contributed by atoms with Crippen LogP contribution in [0.3, 0.4) is 0 Å². The molecular formula is C56H39N3. The molecule has 0 bridgehead atoms. The summed E-state index contributed by atoms with van der Waals surface area (Å²) in [6.45, 7) is 2.27. The van der Waals surface area contributed by atoms with Crippen molar-refractivity contribution in [1.82, 2.24) is 15.0 Å². The van der Waals surface area contributed by atoms with E-state index in [0.717, 1.165) is 40.1 Å². The van der Waals surface area contributed by atoms with E-state index in [1.54, 1.807) is 0 Å². The van der Waals surface area contributed by atoms with Crippen molar-refractivity contribution in [3.8, 4) is 44.9 Å². The zero-order valence-corrected chi connectivity index (χ0v) is 32.7. The highest BCUT2D eigenvalue weighted by molar-refractivity contribution is 6.23. The number of hydrogen-bond donors (Lipinski definition) is 0. The Bertz CT molecular complexity index is 3260. The second-order valence-electron chi connectivity index (χ2n) is 15.8. The van der Waals surface area contributed by atoms with Gasteiger partial charge in [0, 0.05) is 28.9 Å². The van der Waals surface area contributed by atoms with E-state index in [4.69, 9.17) is 9.97 Å². The van der Waals surface area contributed by atoms with Gasteiger partial charge in [-0.15, -0.1) is 0 Å². The smallest absolute Gasteiger partial charge is 0.160 e. The number of fused-ring (bicyclic) bond motifs is 4. The fraction of sp³-hybridized carbons (Fsp3) is 0.0536. The highest BCUT2D eigenvalue weighted by atomic mass is 14.9. The summed E-state index contributed by atoms with van der Waals surface area (Å²) in [7, 11) is 0. The molecule has 278 valence electrons. The molecule has 0 fully saturated rings. The molecule has 3 heteroatoms. The second-order valence-corrected chi connectivity index (χ2v) is 15.8. The molecule has 59 heavy (non-hydrogen) atoms. The SMILES string of the molecule is CC1(c2cccnc2)C=CC(c2cc(-c3ccc4ccccc4c3)nc(-c3cccc(-c4c5ccccc5c(-c5cccc6ccccc56)c5ccccc45)c3)n2)=CC1. The van der Waals surface area contributed by atoms with Crippen LogP contribution in [0.4, 0.5) is 0 Å². The van der Waals surface area contributed by atoms with E-state index in [9.17, 15) is 0 Å². The molecule has 2 heterocycles. The Hall–Kier alpha value is -7.49. The van der Waals surface area contributed by atoms with Crippen molar-refractivity contribution in [2.24, 2.45) is 0 Å². The van der Waals surface area contributed by atoms with Gasteiger partial charge in [-0.2, -0.15) is 0 Å². The summed E-state index contributed by atoms with van der Waals surface area (Å²) in [5, 5.41) is 9.77. The van der Waals surface area contributed by atoms with Gasteiger partial charge in [-0.1, -0.05) is 177 Å². The van der Waals surface area contributed by atoms with Crippen LogP contribution in [0.25, 0.3) is 93.6 Å². The van der Waals surface area contributed by atoms with Crippen LogP contribution in [0, 0.1) is 0 Å². The monoisotopic (exact) mass is 753 g/mol. The van der Waals surface area contributed by atoms with Crippen LogP contribution in [0.1, 0.15) is 24.6 Å². The lowest BCUT2D eigenvalue weighted by atomic mass is 9.76. The minimum Gasteiger partial charge on any atom is -0.264 e. The average Bonchev–Trinajstić information content (AvgIpc) is 3.31. The van der Waals surface area contributed by atoms with Crippen molar-refractivity contribution in [2.45, 2.75) is 18.8 Å². The topological polar surface area (TPSA) is 38.7 Å². The number of nitrogens with zero attached hydrogens (tertiary/aromatic N) is 3. The minimum absolute atomic E-state index is 0.141. The van der Waals surface area contributed by atoms with Gasteiger partial charge in [0.1, 0.15) is 0 Å². The molecule has 10 aromatic rings. The number of benzene rings is 8. The molecule has 2 aromatic heterocycles. The van der Waals surface area contributed by atoms with E-state index in [1.165, 1.54) is 65.3 Å². The first-order valence-corrected chi connectivity index (χ1v) is 20.3. The van der Waals surface area contributed by atoms with E-state index in [2.05, 4.69) is 200 Å². The lowest BCUT2D eigenvalue weighted by Gasteiger charge is -2.28. The molecule has 1 atom stereocenters. The van der Waals surface area contributed by atoms with E-state index in [1.807, 2.05) is 18.5 Å². The van der Waals surface area contributed by atoms with Crippen LogP contribution < -0.4 is 0 Å². The van der Waals surface area contributed by atoms with Crippen LogP contribution in [-0.4, -0.2) is 15.0 Å². The van der Waals surface area contributed by atoms with Gasteiger partial charge >= 0.3 is 0 Å². The number of allylic oxidation sites excluding steroid dienone is 4. The zero-order chi connectivity index (χ0) is 39.3. The van der Waals surface area contributed by atoms with Gasteiger partial charge in [0.15, 0.2) is 5.82 Å². The van der Waals surface area contributed by atoms with Crippen LogP contribution in [0.2, 0.25) is 0 Å². The largest absolute Gasteiger partial charge is 0.264 e. The molecule has 0 N–H and O–H groups in total. The maximum Gasteiger partial charge on any atom is 0.160 e. The van der Waals surface area contributed by atoms with Gasteiger partial charge in [-0.3, -0.25) is 4.98 Å². The van der Waals surface area contributed by atoms with Gasteiger partial charge in [0.05, 0.1) is 11.4 Å². The van der Waals surface area contributed by atoms with Gasteiger partial charge < -0.3 is 0 Å². The van der Waals surface area contributed by atoms with Crippen LogP contribution in [0.15, 0.2) is 207 Å². The number of rotatable bonds is 6.